The normalized spacial score (nSPS) is 11.3. The van der Waals surface area contributed by atoms with Crippen LogP contribution in [0.25, 0.3) is 11.1 Å². The number of nitrogens with zero attached hydrogens (tertiary/aromatic N) is 1. The Hall–Kier alpha value is -1.30. The lowest BCUT2D eigenvalue weighted by molar-refractivity contribution is -0.119. The van der Waals surface area contributed by atoms with E-state index in [1.54, 1.807) is 6.92 Å². The zero-order chi connectivity index (χ0) is 13.1. The third-order valence-corrected chi connectivity index (χ3v) is 2.72. The van der Waals surface area contributed by atoms with Crippen LogP contribution in [0.4, 0.5) is 5.69 Å². The largest absolute Gasteiger partial charge is 0.441 e. The smallest absolute Gasteiger partial charge is 0.228 e. The van der Waals surface area contributed by atoms with Gasteiger partial charge in [-0.2, -0.15) is 0 Å². The number of carbonyl (C=O) groups excluding carboxylic acids is 1. The lowest BCUT2D eigenvalue weighted by Crippen LogP contribution is -2.28. The highest BCUT2D eigenvalue weighted by atomic mass is 35.5. The molecule has 0 bridgehead atoms. The van der Waals surface area contributed by atoms with Gasteiger partial charge in [-0.1, -0.05) is 6.92 Å². The summed E-state index contributed by atoms with van der Waals surface area (Å²) in [6.07, 6.45) is 0. The van der Waals surface area contributed by atoms with Crippen molar-refractivity contribution < 1.29 is 9.21 Å². The summed E-state index contributed by atoms with van der Waals surface area (Å²) in [5, 5.41) is 5.85. The van der Waals surface area contributed by atoms with Crippen molar-refractivity contribution in [1.82, 2.24) is 10.3 Å². The molecule has 1 atom stereocenters. The predicted molar refractivity (Wildman–Crippen MR) is 85.0 cm³/mol. The third-order valence-electron chi connectivity index (χ3n) is 2.72. The minimum atomic E-state index is -0.0789. The topological polar surface area (TPSA) is 67.2 Å². The summed E-state index contributed by atoms with van der Waals surface area (Å²) in [6, 6.07) is 5.44. The number of aromatic nitrogens is 1. The molecule has 2 aromatic rings. The molecule has 0 fully saturated rings. The minimum Gasteiger partial charge on any atom is -0.441 e. The molecule has 1 aromatic carbocycles. The van der Waals surface area contributed by atoms with Gasteiger partial charge in [0.15, 0.2) is 11.5 Å². The number of anilines is 1. The van der Waals surface area contributed by atoms with E-state index in [-0.39, 0.29) is 36.6 Å². The van der Waals surface area contributed by atoms with E-state index in [0.717, 1.165) is 16.8 Å². The number of nitrogens with one attached hydrogen (secondary N) is 2. The Balaban J connectivity index is 0.00000180. The van der Waals surface area contributed by atoms with Crippen molar-refractivity contribution in [3.63, 3.8) is 0 Å². The van der Waals surface area contributed by atoms with E-state index in [4.69, 9.17) is 4.42 Å². The molecule has 20 heavy (non-hydrogen) atoms. The van der Waals surface area contributed by atoms with Crippen LogP contribution in [-0.4, -0.2) is 24.5 Å². The van der Waals surface area contributed by atoms with E-state index in [1.165, 1.54) is 0 Å². The number of hydrogen-bond acceptors (Lipinski definition) is 4. The van der Waals surface area contributed by atoms with Gasteiger partial charge in [-0.05, 0) is 25.2 Å². The molecule has 1 aromatic heterocycles. The Kier molecular flexibility index (Phi) is 7.57. The molecule has 0 radical (unpaired) electrons. The molecular weight excluding hydrogens is 301 g/mol. The van der Waals surface area contributed by atoms with Crippen LogP contribution in [0.2, 0.25) is 0 Å². The van der Waals surface area contributed by atoms with Crippen molar-refractivity contribution in [1.29, 1.82) is 0 Å². The summed E-state index contributed by atoms with van der Waals surface area (Å²) >= 11 is 0. The van der Waals surface area contributed by atoms with Gasteiger partial charge in [-0.25, -0.2) is 4.98 Å². The van der Waals surface area contributed by atoms with Crippen LogP contribution >= 0.6 is 24.8 Å². The summed E-state index contributed by atoms with van der Waals surface area (Å²) in [5.74, 6) is 0.533. The van der Waals surface area contributed by atoms with Crippen molar-refractivity contribution in [3.05, 3.63) is 24.1 Å². The fourth-order valence-corrected chi connectivity index (χ4v) is 1.78. The van der Waals surface area contributed by atoms with E-state index in [1.807, 2.05) is 32.2 Å². The van der Waals surface area contributed by atoms with Crippen molar-refractivity contribution in [2.24, 2.45) is 5.92 Å². The SMILES string of the molecule is CNCC(C)C(=O)Nc1ccc2oc(C)nc2c1.Cl.Cl. The highest BCUT2D eigenvalue weighted by molar-refractivity contribution is 5.94. The minimum absolute atomic E-state index is 0. The lowest BCUT2D eigenvalue weighted by atomic mass is 10.1. The lowest BCUT2D eigenvalue weighted by Gasteiger charge is -2.11. The molecule has 2 rings (SSSR count). The van der Waals surface area contributed by atoms with Gasteiger partial charge in [0.1, 0.15) is 5.52 Å². The average Bonchev–Trinajstić information content (AvgIpc) is 2.68. The van der Waals surface area contributed by atoms with Gasteiger partial charge in [0.2, 0.25) is 5.91 Å². The highest BCUT2D eigenvalue weighted by Crippen LogP contribution is 2.20. The second-order valence-electron chi connectivity index (χ2n) is 4.36. The van der Waals surface area contributed by atoms with Crippen LogP contribution < -0.4 is 10.6 Å². The zero-order valence-corrected chi connectivity index (χ0v) is 13.2. The highest BCUT2D eigenvalue weighted by Gasteiger charge is 2.12. The molecule has 0 saturated carbocycles. The first-order chi connectivity index (χ1) is 8.60. The van der Waals surface area contributed by atoms with Crippen LogP contribution in [0.5, 0.6) is 0 Å². The molecule has 1 amide bonds. The maximum Gasteiger partial charge on any atom is 0.228 e. The molecule has 7 heteroatoms. The number of oxazole rings is 1. The molecule has 2 N–H and O–H groups in total. The van der Waals surface area contributed by atoms with Crippen LogP contribution in [-0.2, 0) is 4.79 Å². The van der Waals surface area contributed by atoms with Crippen molar-refractivity contribution in [2.45, 2.75) is 13.8 Å². The van der Waals surface area contributed by atoms with E-state index in [9.17, 15) is 4.79 Å². The second kappa shape index (κ2) is 8.09. The number of aryl methyl sites for hydroxylation is 1. The standard InChI is InChI=1S/C13H17N3O2.2ClH/c1-8(7-14-3)13(17)16-10-4-5-12-11(6-10)15-9(2)18-12;;/h4-6,8,14H,7H2,1-3H3,(H,16,17);2*1H. The van der Waals surface area contributed by atoms with Crippen molar-refractivity contribution in [2.75, 3.05) is 18.9 Å². The molecule has 0 spiro atoms. The summed E-state index contributed by atoms with van der Waals surface area (Å²) in [6.45, 7) is 4.33. The number of benzene rings is 1. The van der Waals surface area contributed by atoms with Crippen LogP contribution in [0.1, 0.15) is 12.8 Å². The third kappa shape index (κ3) is 4.37. The van der Waals surface area contributed by atoms with Gasteiger partial charge in [0.25, 0.3) is 0 Å². The number of hydrogen-bond donors (Lipinski definition) is 2. The first-order valence-corrected chi connectivity index (χ1v) is 5.93. The fourth-order valence-electron chi connectivity index (χ4n) is 1.78. The second-order valence-corrected chi connectivity index (χ2v) is 4.36. The molecule has 0 aliphatic rings. The Bertz CT molecular complexity index is 572. The summed E-state index contributed by atoms with van der Waals surface area (Å²) in [7, 11) is 1.83. The van der Waals surface area contributed by atoms with E-state index < -0.39 is 0 Å². The van der Waals surface area contributed by atoms with Gasteiger partial charge in [-0.3, -0.25) is 4.79 Å². The zero-order valence-electron chi connectivity index (χ0n) is 11.6. The molecule has 5 nitrogen and oxygen atoms in total. The Morgan fingerprint density at radius 3 is 2.75 bits per heavy atom. The number of amides is 1. The van der Waals surface area contributed by atoms with E-state index in [0.29, 0.717) is 12.4 Å². The monoisotopic (exact) mass is 319 g/mol. The number of carbonyl (C=O) groups is 1. The van der Waals surface area contributed by atoms with Gasteiger partial charge in [0.05, 0.1) is 0 Å². The van der Waals surface area contributed by atoms with Crippen LogP contribution in [0, 0.1) is 12.8 Å². The maximum absolute atomic E-state index is 11.8. The van der Waals surface area contributed by atoms with Crippen LogP contribution in [0.3, 0.4) is 0 Å². The van der Waals surface area contributed by atoms with E-state index >= 15 is 0 Å². The summed E-state index contributed by atoms with van der Waals surface area (Å²) in [4.78, 5) is 16.1. The quantitative estimate of drug-likeness (QED) is 0.909. The van der Waals surface area contributed by atoms with Crippen molar-refractivity contribution >= 4 is 47.5 Å². The molecule has 0 aliphatic carbocycles. The molecule has 1 unspecified atom stereocenters. The van der Waals surface area contributed by atoms with Gasteiger partial charge < -0.3 is 15.1 Å². The maximum atomic E-state index is 11.8. The fraction of sp³-hybridized carbons (Fsp3) is 0.385. The number of rotatable bonds is 4. The summed E-state index contributed by atoms with van der Waals surface area (Å²) in [5.41, 5.74) is 2.23. The Labute approximate surface area is 130 Å². The first-order valence-electron chi connectivity index (χ1n) is 5.93. The van der Waals surface area contributed by atoms with Crippen molar-refractivity contribution in [3.8, 4) is 0 Å². The van der Waals surface area contributed by atoms with Gasteiger partial charge >= 0.3 is 0 Å². The Morgan fingerprint density at radius 2 is 2.10 bits per heavy atom. The predicted octanol–water partition coefficient (Wildman–Crippen LogP) is 2.77. The average molecular weight is 320 g/mol. The molecule has 112 valence electrons. The van der Waals surface area contributed by atoms with Gasteiger partial charge in [-0.15, -0.1) is 24.8 Å². The van der Waals surface area contributed by atoms with Gasteiger partial charge in [0, 0.05) is 25.1 Å². The Morgan fingerprint density at radius 1 is 1.40 bits per heavy atom. The molecule has 0 saturated heterocycles. The molecule has 1 heterocycles. The summed E-state index contributed by atoms with van der Waals surface area (Å²) < 4.78 is 5.38. The first kappa shape index (κ1) is 18.7. The number of fused-ring (bicyclic) bond motifs is 1. The van der Waals surface area contributed by atoms with E-state index in [2.05, 4.69) is 15.6 Å². The molecule has 0 aliphatic heterocycles. The molecular formula is C13H19Cl2N3O2. The number of halogens is 2. The van der Waals surface area contributed by atoms with Crippen LogP contribution in [0.15, 0.2) is 22.6 Å².